The van der Waals surface area contributed by atoms with Gasteiger partial charge in [-0.25, -0.2) is 9.97 Å². The number of hydrogen-bond acceptors (Lipinski definition) is 4. The highest BCUT2D eigenvalue weighted by Gasteiger charge is 2.11. The minimum absolute atomic E-state index is 0.260. The molecule has 0 spiro atoms. The van der Waals surface area contributed by atoms with E-state index < -0.39 is 0 Å². The van der Waals surface area contributed by atoms with Crippen molar-refractivity contribution in [1.82, 2.24) is 15.0 Å². The number of aryl methyl sites for hydroxylation is 2. The van der Waals surface area contributed by atoms with Gasteiger partial charge in [-0.1, -0.05) is 29.8 Å². The van der Waals surface area contributed by atoms with Crippen molar-refractivity contribution in [2.24, 2.45) is 0 Å². The van der Waals surface area contributed by atoms with E-state index in [0.29, 0.717) is 11.6 Å². The number of nitrogens with one attached hydrogen (secondary N) is 2. The molecule has 3 aromatic rings. The van der Waals surface area contributed by atoms with Crippen molar-refractivity contribution < 1.29 is 4.79 Å². The molecule has 0 atom stereocenters. The van der Waals surface area contributed by atoms with Crippen molar-refractivity contribution in [3.8, 4) is 11.3 Å². The number of aromatic amines is 1. The number of nitrogens with zero attached hydrogens (tertiary/aromatic N) is 2. The van der Waals surface area contributed by atoms with E-state index >= 15 is 0 Å². The van der Waals surface area contributed by atoms with Gasteiger partial charge in [0.05, 0.1) is 16.9 Å². The van der Waals surface area contributed by atoms with Crippen LogP contribution >= 0.6 is 11.3 Å². The predicted molar refractivity (Wildman–Crippen MR) is 83.6 cm³/mol. The predicted octanol–water partition coefficient (Wildman–Crippen LogP) is 3.40. The highest BCUT2D eigenvalue weighted by atomic mass is 32.1. The zero-order valence-electron chi connectivity index (χ0n) is 11.7. The number of hydrogen-bond donors (Lipinski definition) is 2. The fraction of sp³-hybridized carbons (Fsp3) is 0.133. The maximum absolute atomic E-state index is 12.0. The van der Waals surface area contributed by atoms with E-state index in [-0.39, 0.29) is 5.91 Å². The van der Waals surface area contributed by atoms with Gasteiger partial charge >= 0.3 is 0 Å². The highest BCUT2D eigenvalue weighted by Crippen LogP contribution is 2.19. The number of amides is 1. The number of anilines is 1. The monoisotopic (exact) mass is 298 g/mol. The van der Waals surface area contributed by atoms with Crippen molar-refractivity contribution in [1.29, 1.82) is 0 Å². The molecule has 0 aliphatic heterocycles. The van der Waals surface area contributed by atoms with E-state index in [0.717, 1.165) is 16.3 Å². The van der Waals surface area contributed by atoms with Crippen LogP contribution in [0.1, 0.15) is 21.1 Å². The van der Waals surface area contributed by atoms with Crippen LogP contribution in [-0.2, 0) is 0 Å². The summed E-state index contributed by atoms with van der Waals surface area (Å²) in [5.74, 6) is 0.158. The van der Waals surface area contributed by atoms with Crippen LogP contribution in [-0.4, -0.2) is 20.9 Å². The molecular weight excluding hydrogens is 284 g/mol. The standard InChI is InChI=1S/C15H14N4OS/c1-9-3-5-11(6-4-9)12-7-16-15(18-12)19-14(20)13-8-21-10(2)17-13/h3-8H,1-2H3,(H2,16,18,19,20). The minimum Gasteiger partial charge on any atom is -0.324 e. The van der Waals surface area contributed by atoms with E-state index in [1.807, 2.05) is 38.1 Å². The summed E-state index contributed by atoms with van der Waals surface area (Å²) in [5, 5.41) is 5.30. The van der Waals surface area contributed by atoms with Crippen molar-refractivity contribution in [2.75, 3.05) is 5.32 Å². The third-order valence-corrected chi connectivity index (χ3v) is 3.80. The first-order chi connectivity index (χ1) is 10.1. The first-order valence-electron chi connectivity index (χ1n) is 6.47. The number of imidazole rings is 1. The lowest BCUT2D eigenvalue weighted by atomic mass is 10.1. The smallest absolute Gasteiger partial charge is 0.277 e. The molecule has 106 valence electrons. The molecular formula is C15H14N4OS. The van der Waals surface area contributed by atoms with E-state index in [1.54, 1.807) is 11.6 Å². The molecule has 0 bridgehead atoms. The Kier molecular flexibility index (Phi) is 3.53. The van der Waals surface area contributed by atoms with Gasteiger partial charge in [0.1, 0.15) is 5.69 Å². The lowest BCUT2D eigenvalue weighted by Gasteiger charge is -1.99. The van der Waals surface area contributed by atoms with E-state index in [9.17, 15) is 4.79 Å². The van der Waals surface area contributed by atoms with E-state index in [4.69, 9.17) is 0 Å². The Morgan fingerprint density at radius 1 is 1.24 bits per heavy atom. The molecule has 0 saturated heterocycles. The molecule has 1 aromatic carbocycles. The second-order valence-electron chi connectivity index (χ2n) is 4.72. The molecule has 5 nitrogen and oxygen atoms in total. The largest absolute Gasteiger partial charge is 0.324 e. The van der Waals surface area contributed by atoms with Crippen molar-refractivity contribution >= 4 is 23.2 Å². The molecule has 0 saturated carbocycles. The average molecular weight is 298 g/mol. The molecule has 2 aromatic heterocycles. The maximum Gasteiger partial charge on any atom is 0.277 e. The van der Waals surface area contributed by atoms with Gasteiger partial charge in [-0.3, -0.25) is 10.1 Å². The molecule has 0 aliphatic carbocycles. The second-order valence-corrected chi connectivity index (χ2v) is 5.78. The molecule has 0 unspecified atom stereocenters. The van der Waals surface area contributed by atoms with Gasteiger partial charge in [0.25, 0.3) is 5.91 Å². The first kappa shape index (κ1) is 13.5. The second kappa shape index (κ2) is 5.49. The van der Waals surface area contributed by atoms with E-state index in [1.165, 1.54) is 16.9 Å². The molecule has 2 N–H and O–H groups in total. The van der Waals surface area contributed by atoms with Crippen LogP contribution in [0, 0.1) is 13.8 Å². The molecule has 2 heterocycles. The van der Waals surface area contributed by atoms with Gasteiger partial charge in [0, 0.05) is 5.38 Å². The summed E-state index contributed by atoms with van der Waals surface area (Å²) in [6.07, 6.45) is 1.70. The number of carbonyl (C=O) groups excluding carboxylic acids is 1. The van der Waals surface area contributed by atoms with Gasteiger partial charge in [-0.15, -0.1) is 11.3 Å². The summed E-state index contributed by atoms with van der Waals surface area (Å²) in [6.45, 7) is 3.90. The number of rotatable bonds is 3. The zero-order valence-corrected chi connectivity index (χ0v) is 12.5. The molecule has 0 fully saturated rings. The Balaban J connectivity index is 1.76. The summed E-state index contributed by atoms with van der Waals surface area (Å²) in [6, 6.07) is 8.09. The SMILES string of the molecule is Cc1ccc(-c2cnc(NC(=O)c3csc(C)n3)[nH]2)cc1. The van der Waals surface area contributed by atoms with Crippen LogP contribution in [0.4, 0.5) is 5.95 Å². The van der Waals surface area contributed by atoms with Gasteiger partial charge in [-0.05, 0) is 19.4 Å². The highest BCUT2D eigenvalue weighted by molar-refractivity contribution is 7.09. The molecule has 1 amide bonds. The normalized spacial score (nSPS) is 10.6. The van der Waals surface area contributed by atoms with Crippen LogP contribution in [0.25, 0.3) is 11.3 Å². The van der Waals surface area contributed by atoms with Crippen molar-refractivity contribution in [2.45, 2.75) is 13.8 Å². The Bertz CT molecular complexity index is 773. The maximum atomic E-state index is 12.0. The van der Waals surface area contributed by atoms with Crippen LogP contribution in [0.3, 0.4) is 0 Å². The van der Waals surface area contributed by atoms with Crippen LogP contribution in [0.5, 0.6) is 0 Å². The van der Waals surface area contributed by atoms with Gasteiger partial charge in [0.15, 0.2) is 0 Å². The number of aromatic nitrogens is 3. The fourth-order valence-corrected chi connectivity index (χ4v) is 2.50. The average Bonchev–Trinajstić information content (AvgIpc) is 3.09. The number of benzene rings is 1. The third kappa shape index (κ3) is 3.00. The zero-order chi connectivity index (χ0) is 14.8. The molecule has 0 aliphatic rings. The summed E-state index contributed by atoms with van der Waals surface area (Å²) in [5.41, 5.74) is 3.49. The lowest BCUT2D eigenvalue weighted by Crippen LogP contribution is -2.13. The summed E-state index contributed by atoms with van der Waals surface area (Å²) >= 11 is 1.44. The molecule has 3 rings (SSSR count). The van der Waals surface area contributed by atoms with Gasteiger partial charge in [-0.2, -0.15) is 0 Å². The molecule has 6 heteroatoms. The molecule has 0 radical (unpaired) electrons. The molecule has 21 heavy (non-hydrogen) atoms. The fourth-order valence-electron chi connectivity index (χ4n) is 1.90. The Morgan fingerprint density at radius 3 is 2.67 bits per heavy atom. The summed E-state index contributed by atoms with van der Waals surface area (Å²) < 4.78 is 0. The minimum atomic E-state index is -0.260. The van der Waals surface area contributed by atoms with Gasteiger partial charge < -0.3 is 4.98 Å². The van der Waals surface area contributed by atoms with Crippen LogP contribution in [0.2, 0.25) is 0 Å². The van der Waals surface area contributed by atoms with Crippen LogP contribution in [0.15, 0.2) is 35.8 Å². The summed E-state index contributed by atoms with van der Waals surface area (Å²) in [4.78, 5) is 23.4. The van der Waals surface area contributed by atoms with Crippen LogP contribution < -0.4 is 5.32 Å². The quantitative estimate of drug-likeness (QED) is 0.778. The van der Waals surface area contributed by atoms with Crippen molar-refractivity contribution in [3.05, 3.63) is 52.1 Å². The Morgan fingerprint density at radius 2 is 2.00 bits per heavy atom. The number of thiazole rings is 1. The van der Waals surface area contributed by atoms with Crippen molar-refractivity contribution in [3.63, 3.8) is 0 Å². The topological polar surface area (TPSA) is 70.7 Å². The Labute approximate surface area is 126 Å². The van der Waals surface area contributed by atoms with Gasteiger partial charge in [0.2, 0.25) is 5.95 Å². The first-order valence-corrected chi connectivity index (χ1v) is 7.35. The summed E-state index contributed by atoms with van der Waals surface area (Å²) in [7, 11) is 0. The van der Waals surface area contributed by atoms with E-state index in [2.05, 4.69) is 20.3 Å². The number of carbonyl (C=O) groups is 1. The third-order valence-electron chi connectivity index (χ3n) is 3.02. The number of H-pyrrole nitrogens is 1. The Hall–Kier alpha value is -2.47. The lowest BCUT2D eigenvalue weighted by molar-refractivity contribution is 0.102.